The fourth-order valence-corrected chi connectivity index (χ4v) is 3.01. The van der Waals surface area contributed by atoms with Crippen LogP contribution in [0.4, 0.5) is 0 Å². The third-order valence-corrected chi connectivity index (χ3v) is 4.25. The average molecular weight is 269 g/mol. The maximum Gasteiger partial charge on any atom is 0.0522 e. The van der Waals surface area contributed by atoms with Crippen molar-refractivity contribution in [1.82, 2.24) is 15.1 Å². The van der Waals surface area contributed by atoms with Crippen LogP contribution in [0.2, 0.25) is 0 Å². The number of fused-ring (bicyclic) bond motifs is 1. The molecule has 2 aromatic rings. The summed E-state index contributed by atoms with van der Waals surface area (Å²) in [5.74, 6) is 0. The summed E-state index contributed by atoms with van der Waals surface area (Å²) in [5, 5.41) is 7.81. The molecule has 0 saturated heterocycles. The quantitative estimate of drug-likeness (QED) is 0.904. The molecule has 0 amide bonds. The van der Waals surface area contributed by atoms with Gasteiger partial charge in [-0.05, 0) is 61.4 Å². The number of aryl methyl sites for hydroxylation is 3. The van der Waals surface area contributed by atoms with E-state index in [0.29, 0.717) is 6.04 Å². The van der Waals surface area contributed by atoms with Gasteiger partial charge in [-0.1, -0.05) is 18.2 Å². The van der Waals surface area contributed by atoms with E-state index in [-0.39, 0.29) is 0 Å². The molecule has 106 valence electrons. The average Bonchev–Trinajstić information content (AvgIpc) is 3.06. The Morgan fingerprint density at radius 3 is 2.95 bits per heavy atom. The predicted molar refractivity (Wildman–Crippen MR) is 81.8 cm³/mol. The van der Waals surface area contributed by atoms with Gasteiger partial charge in [0.05, 0.1) is 6.20 Å². The molecule has 1 aliphatic carbocycles. The second-order valence-electron chi connectivity index (χ2n) is 5.83. The Balaban J connectivity index is 1.55. The molecule has 0 radical (unpaired) electrons. The highest BCUT2D eigenvalue weighted by atomic mass is 15.2. The van der Waals surface area contributed by atoms with Gasteiger partial charge in [-0.15, -0.1) is 0 Å². The second kappa shape index (κ2) is 5.80. The van der Waals surface area contributed by atoms with Crippen LogP contribution in [0.3, 0.4) is 0 Å². The third-order valence-electron chi connectivity index (χ3n) is 4.25. The van der Waals surface area contributed by atoms with Gasteiger partial charge in [0.2, 0.25) is 0 Å². The molecule has 0 bridgehead atoms. The number of hydrogen-bond donors (Lipinski definition) is 1. The predicted octanol–water partition coefficient (Wildman–Crippen LogP) is 2.80. The van der Waals surface area contributed by atoms with Crippen LogP contribution < -0.4 is 5.32 Å². The van der Waals surface area contributed by atoms with Crippen molar-refractivity contribution in [2.45, 2.75) is 38.6 Å². The Bertz CT molecular complexity index is 586. The van der Waals surface area contributed by atoms with Crippen LogP contribution in [0.1, 0.15) is 41.6 Å². The highest BCUT2D eigenvalue weighted by Crippen LogP contribution is 2.25. The zero-order valence-electron chi connectivity index (χ0n) is 12.4. The Labute approximate surface area is 121 Å². The number of rotatable bonds is 5. The molecule has 0 aliphatic heterocycles. The number of aromatic nitrogens is 2. The normalized spacial score (nSPS) is 15.3. The summed E-state index contributed by atoms with van der Waals surface area (Å²) >= 11 is 0. The lowest BCUT2D eigenvalue weighted by Crippen LogP contribution is -2.21. The molecular formula is C17H23N3. The molecule has 1 atom stereocenters. The Morgan fingerprint density at radius 2 is 2.15 bits per heavy atom. The maximum atomic E-state index is 4.20. The van der Waals surface area contributed by atoms with Gasteiger partial charge in [0.1, 0.15) is 0 Å². The van der Waals surface area contributed by atoms with E-state index in [1.807, 2.05) is 17.9 Å². The monoisotopic (exact) mass is 269 g/mol. The highest BCUT2D eigenvalue weighted by Gasteiger charge is 2.13. The maximum absolute atomic E-state index is 4.20. The number of hydrogen-bond acceptors (Lipinski definition) is 2. The summed E-state index contributed by atoms with van der Waals surface area (Å²) in [7, 11) is 1.96. The Kier molecular flexibility index (Phi) is 3.88. The fraction of sp³-hybridized carbons (Fsp3) is 0.471. The first kappa shape index (κ1) is 13.4. The molecule has 1 unspecified atom stereocenters. The lowest BCUT2D eigenvalue weighted by atomic mass is 10.0. The minimum Gasteiger partial charge on any atom is -0.310 e. The second-order valence-corrected chi connectivity index (χ2v) is 5.83. The first-order valence-electron chi connectivity index (χ1n) is 7.55. The molecule has 1 heterocycles. The molecule has 3 heteroatoms. The molecule has 1 aliphatic rings. The smallest absolute Gasteiger partial charge is 0.0522 e. The number of nitrogens with zero attached hydrogens (tertiary/aromatic N) is 2. The first-order valence-corrected chi connectivity index (χ1v) is 7.55. The summed E-state index contributed by atoms with van der Waals surface area (Å²) < 4.78 is 1.86. The third kappa shape index (κ3) is 2.93. The zero-order valence-corrected chi connectivity index (χ0v) is 12.4. The lowest BCUT2D eigenvalue weighted by Gasteiger charge is -2.15. The topological polar surface area (TPSA) is 29.9 Å². The van der Waals surface area contributed by atoms with Crippen LogP contribution in [0.25, 0.3) is 0 Å². The molecule has 1 aromatic heterocycles. The van der Waals surface area contributed by atoms with Crippen LogP contribution in [0.5, 0.6) is 0 Å². The van der Waals surface area contributed by atoms with Crippen molar-refractivity contribution in [3.8, 4) is 0 Å². The van der Waals surface area contributed by atoms with E-state index in [9.17, 15) is 0 Å². The first-order chi connectivity index (χ1) is 9.72. The van der Waals surface area contributed by atoms with Gasteiger partial charge in [-0.2, -0.15) is 5.10 Å². The van der Waals surface area contributed by atoms with Gasteiger partial charge in [0.15, 0.2) is 0 Å². The highest BCUT2D eigenvalue weighted by molar-refractivity contribution is 5.36. The number of benzene rings is 1. The fourth-order valence-electron chi connectivity index (χ4n) is 3.01. The summed E-state index contributed by atoms with van der Waals surface area (Å²) in [6.45, 7) is 3.24. The molecule has 0 spiro atoms. The molecule has 0 saturated carbocycles. The van der Waals surface area contributed by atoms with E-state index < -0.39 is 0 Å². The molecular weight excluding hydrogens is 246 g/mol. The molecule has 3 nitrogen and oxygen atoms in total. The van der Waals surface area contributed by atoms with E-state index >= 15 is 0 Å². The molecule has 0 fully saturated rings. The molecule has 3 rings (SSSR count). The van der Waals surface area contributed by atoms with E-state index in [1.54, 1.807) is 11.1 Å². The van der Waals surface area contributed by atoms with Gasteiger partial charge in [0, 0.05) is 19.3 Å². The van der Waals surface area contributed by atoms with Crippen molar-refractivity contribution in [3.63, 3.8) is 0 Å². The van der Waals surface area contributed by atoms with Crippen molar-refractivity contribution in [2.75, 3.05) is 6.54 Å². The Morgan fingerprint density at radius 1 is 1.30 bits per heavy atom. The van der Waals surface area contributed by atoms with Crippen LogP contribution in [-0.2, 0) is 26.3 Å². The lowest BCUT2D eigenvalue weighted by molar-refractivity contribution is 0.576. The molecule has 1 aromatic carbocycles. The van der Waals surface area contributed by atoms with Crippen molar-refractivity contribution in [1.29, 1.82) is 0 Å². The van der Waals surface area contributed by atoms with E-state index in [1.165, 1.54) is 30.4 Å². The van der Waals surface area contributed by atoms with E-state index in [4.69, 9.17) is 0 Å². The van der Waals surface area contributed by atoms with Crippen LogP contribution in [0.15, 0.2) is 30.6 Å². The summed E-state index contributed by atoms with van der Waals surface area (Å²) in [6, 6.07) is 7.41. The van der Waals surface area contributed by atoms with Crippen molar-refractivity contribution in [3.05, 3.63) is 52.8 Å². The minimum absolute atomic E-state index is 0.414. The van der Waals surface area contributed by atoms with Crippen LogP contribution in [0, 0.1) is 0 Å². The van der Waals surface area contributed by atoms with E-state index in [2.05, 4.69) is 41.7 Å². The van der Waals surface area contributed by atoms with Crippen molar-refractivity contribution >= 4 is 0 Å². The SMILES string of the molecule is CC(NCCc1cnn(C)c1)c1ccc2c(c1)CCC2. The largest absolute Gasteiger partial charge is 0.310 e. The summed E-state index contributed by atoms with van der Waals surface area (Å²) in [6.07, 6.45) is 8.90. The zero-order chi connectivity index (χ0) is 13.9. The van der Waals surface area contributed by atoms with Gasteiger partial charge in [-0.25, -0.2) is 0 Å². The summed E-state index contributed by atoms with van der Waals surface area (Å²) in [5.41, 5.74) is 5.82. The molecule has 20 heavy (non-hydrogen) atoms. The van der Waals surface area contributed by atoms with E-state index in [0.717, 1.165) is 13.0 Å². The van der Waals surface area contributed by atoms with Crippen LogP contribution in [-0.4, -0.2) is 16.3 Å². The van der Waals surface area contributed by atoms with Gasteiger partial charge in [-0.3, -0.25) is 4.68 Å². The van der Waals surface area contributed by atoms with Crippen LogP contribution >= 0.6 is 0 Å². The van der Waals surface area contributed by atoms with Crippen molar-refractivity contribution < 1.29 is 0 Å². The van der Waals surface area contributed by atoms with Gasteiger partial charge in [0.25, 0.3) is 0 Å². The summed E-state index contributed by atoms with van der Waals surface area (Å²) in [4.78, 5) is 0. The number of nitrogens with one attached hydrogen (secondary N) is 1. The standard InChI is InChI=1S/C17H23N3/c1-13(18-9-8-14-11-19-20(2)12-14)16-7-6-15-4-3-5-17(15)10-16/h6-7,10-13,18H,3-5,8-9H2,1-2H3. The van der Waals surface area contributed by atoms with Gasteiger partial charge >= 0.3 is 0 Å². The minimum atomic E-state index is 0.414. The van der Waals surface area contributed by atoms with Crippen molar-refractivity contribution in [2.24, 2.45) is 7.05 Å². The molecule has 1 N–H and O–H groups in total. The Hall–Kier alpha value is -1.61. The van der Waals surface area contributed by atoms with Gasteiger partial charge < -0.3 is 5.32 Å².